The van der Waals surface area contributed by atoms with E-state index in [2.05, 4.69) is 21.3 Å². The molecule has 9 heteroatoms. The molecule has 9 nitrogen and oxygen atoms in total. The molecule has 2 amide bonds. The molecule has 0 unspecified atom stereocenters. The van der Waals surface area contributed by atoms with Crippen molar-refractivity contribution >= 4 is 29.3 Å². The molecule has 0 radical (unpaired) electrons. The fourth-order valence-corrected chi connectivity index (χ4v) is 2.59. The highest BCUT2D eigenvalue weighted by Crippen LogP contribution is 2.14. The minimum Gasteiger partial charge on any atom is -0.370 e. The van der Waals surface area contributed by atoms with Gasteiger partial charge in [0, 0.05) is 24.5 Å². The van der Waals surface area contributed by atoms with Crippen molar-refractivity contribution in [3.63, 3.8) is 0 Å². The smallest absolute Gasteiger partial charge is 0.323 e. The third kappa shape index (κ3) is 7.65. The topological polar surface area (TPSA) is 165 Å². The molecule has 0 aliphatic carbocycles. The van der Waals surface area contributed by atoms with Crippen LogP contribution in [0.2, 0.25) is 0 Å². The maximum absolute atomic E-state index is 12.3. The second-order valence-corrected chi connectivity index (χ2v) is 6.16. The van der Waals surface area contributed by atoms with Gasteiger partial charge >= 0.3 is 6.03 Å². The summed E-state index contributed by atoms with van der Waals surface area (Å²) in [5.74, 6) is -0.124. The quantitative estimate of drug-likeness (QED) is 0.255. The van der Waals surface area contributed by atoms with Crippen molar-refractivity contribution in [1.29, 1.82) is 10.8 Å². The van der Waals surface area contributed by atoms with Crippen LogP contribution in [0, 0.1) is 10.8 Å². The first kappa shape index (κ1) is 20.6. The van der Waals surface area contributed by atoms with E-state index >= 15 is 0 Å². The normalized spacial score (nSPS) is 10.0. The highest BCUT2D eigenvalue weighted by Gasteiger charge is 2.05. The minimum absolute atomic E-state index is 0.0621. The molecule has 10 N–H and O–H groups in total. The number of benzene rings is 2. The number of nitrogens with one attached hydrogen (secondary N) is 6. The van der Waals surface area contributed by atoms with Crippen molar-refractivity contribution in [2.45, 2.75) is 12.8 Å². The van der Waals surface area contributed by atoms with Gasteiger partial charge < -0.3 is 32.7 Å². The average molecular weight is 382 g/mol. The molecule has 0 atom stereocenters. The maximum Gasteiger partial charge on any atom is 0.323 e. The third-order valence-corrected chi connectivity index (χ3v) is 3.83. The summed E-state index contributed by atoms with van der Waals surface area (Å²) in [6.07, 6.45) is 1.38. The number of nitrogens with two attached hydrogens (primary N) is 2. The molecule has 0 spiro atoms. The Labute approximate surface area is 163 Å². The van der Waals surface area contributed by atoms with E-state index in [0.717, 1.165) is 11.1 Å². The Morgan fingerprint density at radius 1 is 0.786 bits per heavy atom. The van der Waals surface area contributed by atoms with E-state index in [1.807, 2.05) is 48.5 Å². The number of hydrogen-bond donors (Lipinski definition) is 8. The lowest BCUT2D eigenvalue weighted by molar-refractivity contribution is 0.262. The molecule has 148 valence electrons. The predicted molar refractivity (Wildman–Crippen MR) is 113 cm³/mol. The number of rotatable bonds is 8. The van der Waals surface area contributed by atoms with Crippen LogP contribution in [0.15, 0.2) is 48.5 Å². The van der Waals surface area contributed by atoms with Crippen LogP contribution in [0.4, 0.5) is 16.2 Å². The van der Waals surface area contributed by atoms with Crippen LogP contribution < -0.4 is 32.7 Å². The Kier molecular flexibility index (Phi) is 7.64. The van der Waals surface area contributed by atoms with Crippen molar-refractivity contribution in [2.75, 3.05) is 23.7 Å². The molecule has 0 saturated carbocycles. The van der Waals surface area contributed by atoms with Crippen molar-refractivity contribution < 1.29 is 4.79 Å². The zero-order chi connectivity index (χ0) is 20.4. The fourth-order valence-electron chi connectivity index (χ4n) is 2.59. The van der Waals surface area contributed by atoms with Gasteiger partial charge in [0.25, 0.3) is 0 Å². The van der Waals surface area contributed by atoms with Crippen molar-refractivity contribution in [2.24, 2.45) is 11.5 Å². The van der Waals surface area contributed by atoms with Crippen molar-refractivity contribution in [3.05, 3.63) is 59.7 Å². The highest BCUT2D eigenvalue weighted by atomic mass is 16.2. The lowest BCUT2D eigenvalue weighted by atomic mass is 10.1. The summed E-state index contributed by atoms with van der Waals surface area (Å²) in [6.45, 7) is 1.10. The predicted octanol–water partition coefficient (Wildman–Crippen LogP) is 1.38. The highest BCUT2D eigenvalue weighted by molar-refractivity contribution is 5.99. The second kappa shape index (κ2) is 10.4. The van der Waals surface area contributed by atoms with Gasteiger partial charge in [0.1, 0.15) is 0 Å². The zero-order valence-electron chi connectivity index (χ0n) is 15.5. The van der Waals surface area contributed by atoms with Crippen LogP contribution in [0.5, 0.6) is 0 Å². The molecule has 28 heavy (non-hydrogen) atoms. The summed E-state index contributed by atoms with van der Waals surface area (Å²) in [4.78, 5) is 12.3. The molecular weight excluding hydrogens is 356 g/mol. The molecular formula is C19H26N8O. The summed E-state index contributed by atoms with van der Waals surface area (Å²) in [6, 6.07) is 14.7. The molecule has 0 aromatic heterocycles. The largest absolute Gasteiger partial charge is 0.370 e. The first-order valence-corrected chi connectivity index (χ1v) is 8.84. The van der Waals surface area contributed by atoms with E-state index in [4.69, 9.17) is 22.3 Å². The van der Waals surface area contributed by atoms with E-state index in [9.17, 15) is 4.79 Å². The van der Waals surface area contributed by atoms with Crippen LogP contribution >= 0.6 is 0 Å². The van der Waals surface area contributed by atoms with Gasteiger partial charge in [-0.05, 0) is 48.2 Å². The Bertz CT molecular complexity index is 769. The van der Waals surface area contributed by atoms with Gasteiger partial charge in [0.05, 0.1) is 0 Å². The molecule has 2 aromatic carbocycles. The van der Waals surface area contributed by atoms with E-state index in [-0.39, 0.29) is 18.0 Å². The van der Waals surface area contributed by atoms with Gasteiger partial charge in [-0.1, -0.05) is 24.3 Å². The Morgan fingerprint density at radius 3 is 1.61 bits per heavy atom. The maximum atomic E-state index is 12.3. The number of urea groups is 1. The van der Waals surface area contributed by atoms with Gasteiger partial charge in [-0.3, -0.25) is 10.8 Å². The number of carbonyl (C=O) groups is 1. The molecule has 0 fully saturated rings. The van der Waals surface area contributed by atoms with Crippen LogP contribution in [-0.4, -0.2) is 31.0 Å². The second-order valence-electron chi connectivity index (χ2n) is 6.16. The lowest BCUT2D eigenvalue weighted by Gasteiger charge is -2.11. The number of hydrogen-bond acceptors (Lipinski definition) is 3. The summed E-state index contributed by atoms with van der Waals surface area (Å²) < 4.78 is 0. The van der Waals surface area contributed by atoms with Gasteiger partial charge in [-0.2, -0.15) is 0 Å². The number of carbonyl (C=O) groups excluding carboxylic acids is 1. The van der Waals surface area contributed by atoms with Gasteiger partial charge in [-0.15, -0.1) is 0 Å². The number of anilines is 2. The zero-order valence-corrected chi connectivity index (χ0v) is 15.5. The molecule has 0 heterocycles. The molecule has 2 rings (SSSR count). The van der Waals surface area contributed by atoms with Crippen molar-refractivity contribution in [3.8, 4) is 0 Å². The average Bonchev–Trinajstić information content (AvgIpc) is 2.61. The summed E-state index contributed by atoms with van der Waals surface area (Å²) >= 11 is 0. The summed E-state index contributed by atoms with van der Waals surface area (Å²) in [5.41, 5.74) is 13.9. The van der Waals surface area contributed by atoms with E-state index < -0.39 is 0 Å². The molecule has 0 bridgehead atoms. The van der Waals surface area contributed by atoms with Gasteiger partial charge in [0.2, 0.25) is 0 Å². The minimum atomic E-state index is -0.335. The third-order valence-electron chi connectivity index (χ3n) is 3.83. The fraction of sp³-hybridized carbons (Fsp3) is 0.211. The molecule has 0 saturated heterocycles. The van der Waals surface area contributed by atoms with E-state index in [1.165, 1.54) is 0 Å². The van der Waals surface area contributed by atoms with Gasteiger partial charge in [-0.25, -0.2) is 4.79 Å². The number of guanidine groups is 2. The van der Waals surface area contributed by atoms with Crippen molar-refractivity contribution in [1.82, 2.24) is 10.6 Å². The Morgan fingerprint density at radius 2 is 1.21 bits per heavy atom. The monoisotopic (exact) mass is 382 g/mol. The Balaban J connectivity index is 1.88. The lowest BCUT2D eigenvalue weighted by Crippen LogP contribution is -2.31. The van der Waals surface area contributed by atoms with Crippen LogP contribution in [0.25, 0.3) is 0 Å². The molecule has 0 aliphatic heterocycles. The summed E-state index contributed by atoms with van der Waals surface area (Å²) in [5, 5.41) is 25.4. The molecule has 0 aliphatic rings. The summed E-state index contributed by atoms with van der Waals surface area (Å²) in [7, 11) is 0. The standard InChI is InChI=1S/C19H26N8O/c20-17(21)24-9-7-13-3-1-5-15(11-13)26-19(28)27-16-6-2-4-14(12-16)8-10-25-18(22)23/h1-6,11-12H,7-10H2,(H4,20,21,24)(H4,22,23,25)(H2,26,27,28). The van der Waals surface area contributed by atoms with Crippen LogP contribution in [0.1, 0.15) is 11.1 Å². The van der Waals surface area contributed by atoms with Gasteiger partial charge in [0.15, 0.2) is 11.9 Å². The van der Waals surface area contributed by atoms with E-state index in [0.29, 0.717) is 37.3 Å². The number of amides is 2. The SMILES string of the molecule is N=C(N)NCCc1cccc(NC(=O)Nc2cccc(CCNC(=N)N)c2)c1. The first-order valence-electron chi connectivity index (χ1n) is 8.84. The van der Waals surface area contributed by atoms with Crippen LogP contribution in [0.3, 0.4) is 0 Å². The van der Waals surface area contributed by atoms with Crippen LogP contribution in [-0.2, 0) is 12.8 Å². The first-order chi connectivity index (χ1) is 13.4. The Hall–Kier alpha value is -3.75. The van der Waals surface area contributed by atoms with E-state index in [1.54, 1.807) is 0 Å². The molecule has 2 aromatic rings.